The third-order valence-electron chi connectivity index (χ3n) is 2.79. The van der Waals surface area contributed by atoms with Crippen LogP contribution in [0.2, 0.25) is 5.02 Å². The summed E-state index contributed by atoms with van der Waals surface area (Å²) >= 11 is 9.22. The number of nitrogens with zero attached hydrogens (tertiary/aromatic N) is 1. The quantitative estimate of drug-likeness (QED) is 0.834. The fourth-order valence-corrected chi connectivity index (χ4v) is 2.48. The fourth-order valence-electron chi connectivity index (χ4n) is 1.88. The summed E-state index contributed by atoms with van der Waals surface area (Å²) in [5.74, 6) is -0.501. The van der Waals surface area contributed by atoms with Crippen LogP contribution in [0.1, 0.15) is 5.56 Å². The Kier molecular flexibility index (Phi) is 4.32. The van der Waals surface area contributed by atoms with Gasteiger partial charge in [-0.25, -0.2) is 4.39 Å². The monoisotopic (exact) mass is 342 g/mol. The standard InChI is InChI=1S/C14H13BrClFN2/c1-19(8-9-3-2-4-10(15)5-9)14-6-11(16)12(17)7-13(14)18/h2-7H,8,18H2,1H3. The first kappa shape index (κ1) is 14.2. The Balaban J connectivity index is 2.25. The van der Waals surface area contributed by atoms with Gasteiger partial charge in [0.25, 0.3) is 0 Å². The summed E-state index contributed by atoms with van der Waals surface area (Å²) in [6, 6.07) is 10.8. The van der Waals surface area contributed by atoms with Gasteiger partial charge in [-0.1, -0.05) is 39.7 Å². The van der Waals surface area contributed by atoms with Crippen molar-refractivity contribution in [1.29, 1.82) is 0 Å². The molecule has 5 heteroatoms. The molecule has 0 atom stereocenters. The molecule has 0 amide bonds. The summed E-state index contributed by atoms with van der Waals surface area (Å²) in [5.41, 5.74) is 8.04. The number of anilines is 2. The van der Waals surface area contributed by atoms with E-state index in [4.69, 9.17) is 17.3 Å². The number of benzene rings is 2. The maximum absolute atomic E-state index is 13.3. The fraction of sp³-hybridized carbons (Fsp3) is 0.143. The predicted molar refractivity (Wildman–Crippen MR) is 82.1 cm³/mol. The molecule has 0 spiro atoms. The molecule has 0 aliphatic rings. The minimum Gasteiger partial charge on any atom is -0.397 e. The molecule has 2 aromatic carbocycles. The van der Waals surface area contributed by atoms with E-state index in [1.807, 2.05) is 36.2 Å². The zero-order chi connectivity index (χ0) is 14.0. The third kappa shape index (κ3) is 3.39. The average Bonchev–Trinajstić information content (AvgIpc) is 2.33. The molecular formula is C14H13BrClFN2. The van der Waals surface area contributed by atoms with Crippen LogP contribution < -0.4 is 10.6 Å². The SMILES string of the molecule is CN(Cc1cccc(Br)c1)c1cc(Cl)c(F)cc1N. The van der Waals surface area contributed by atoms with Gasteiger partial charge >= 0.3 is 0 Å². The predicted octanol–water partition coefficient (Wildman–Crippen LogP) is 4.46. The second-order valence-corrected chi connectivity index (χ2v) is 5.63. The zero-order valence-electron chi connectivity index (χ0n) is 10.3. The molecule has 0 radical (unpaired) electrons. The van der Waals surface area contributed by atoms with Gasteiger partial charge in [0.1, 0.15) is 5.82 Å². The molecule has 0 fully saturated rings. The molecule has 0 bridgehead atoms. The molecule has 2 aromatic rings. The van der Waals surface area contributed by atoms with Gasteiger partial charge in [-0.15, -0.1) is 0 Å². The van der Waals surface area contributed by atoms with E-state index < -0.39 is 5.82 Å². The lowest BCUT2D eigenvalue weighted by atomic mass is 10.2. The van der Waals surface area contributed by atoms with Crippen LogP contribution in [-0.2, 0) is 6.54 Å². The second-order valence-electron chi connectivity index (χ2n) is 4.31. The lowest BCUT2D eigenvalue weighted by Gasteiger charge is -2.21. The van der Waals surface area contributed by atoms with Crippen molar-refractivity contribution in [1.82, 2.24) is 0 Å². The molecule has 0 saturated carbocycles. The Bertz CT molecular complexity index is 604. The number of nitrogens with two attached hydrogens (primary N) is 1. The van der Waals surface area contributed by atoms with Crippen LogP contribution in [0.25, 0.3) is 0 Å². The number of halogens is 3. The molecule has 100 valence electrons. The molecular weight excluding hydrogens is 331 g/mol. The first-order valence-corrected chi connectivity index (χ1v) is 6.84. The summed E-state index contributed by atoms with van der Waals surface area (Å²) in [5, 5.41) is 0.0743. The molecule has 0 unspecified atom stereocenters. The molecule has 0 aliphatic heterocycles. The normalized spacial score (nSPS) is 10.5. The molecule has 0 saturated heterocycles. The van der Waals surface area contributed by atoms with Gasteiger partial charge in [0.05, 0.1) is 16.4 Å². The first-order chi connectivity index (χ1) is 8.97. The van der Waals surface area contributed by atoms with E-state index in [9.17, 15) is 4.39 Å². The molecule has 0 aromatic heterocycles. The molecule has 2 N–H and O–H groups in total. The van der Waals surface area contributed by atoms with Crippen molar-refractivity contribution in [3.8, 4) is 0 Å². The Hall–Kier alpha value is -1.26. The second kappa shape index (κ2) is 5.80. The van der Waals surface area contributed by atoms with Crippen molar-refractivity contribution in [2.45, 2.75) is 6.54 Å². The summed E-state index contributed by atoms with van der Waals surface area (Å²) in [7, 11) is 1.89. The summed E-state index contributed by atoms with van der Waals surface area (Å²) < 4.78 is 14.3. The Morgan fingerprint density at radius 3 is 2.74 bits per heavy atom. The average molecular weight is 344 g/mol. The van der Waals surface area contributed by atoms with Crippen LogP contribution in [0, 0.1) is 5.82 Å². The van der Waals surface area contributed by atoms with Crippen LogP contribution >= 0.6 is 27.5 Å². The van der Waals surface area contributed by atoms with E-state index in [0.29, 0.717) is 17.9 Å². The number of nitrogen functional groups attached to an aromatic ring is 1. The van der Waals surface area contributed by atoms with E-state index in [0.717, 1.165) is 10.0 Å². The van der Waals surface area contributed by atoms with Gasteiger partial charge in [-0.3, -0.25) is 0 Å². The summed E-state index contributed by atoms with van der Waals surface area (Å²) in [6.07, 6.45) is 0. The molecule has 2 rings (SSSR count). The van der Waals surface area contributed by atoms with Gasteiger partial charge in [0.2, 0.25) is 0 Å². The van der Waals surface area contributed by atoms with Crippen molar-refractivity contribution in [3.05, 3.63) is 57.3 Å². The lowest BCUT2D eigenvalue weighted by molar-refractivity contribution is 0.628. The summed E-state index contributed by atoms with van der Waals surface area (Å²) in [4.78, 5) is 1.93. The Morgan fingerprint density at radius 2 is 2.05 bits per heavy atom. The van der Waals surface area contributed by atoms with Gasteiger partial charge < -0.3 is 10.6 Å². The molecule has 0 aliphatic carbocycles. The van der Waals surface area contributed by atoms with Gasteiger partial charge in [-0.05, 0) is 23.8 Å². The topological polar surface area (TPSA) is 29.3 Å². The van der Waals surface area contributed by atoms with E-state index in [1.54, 1.807) is 6.07 Å². The van der Waals surface area contributed by atoms with E-state index in [1.165, 1.54) is 6.07 Å². The summed E-state index contributed by atoms with van der Waals surface area (Å²) in [6.45, 7) is 0.658. The lowest BCUT2D eigenvalue weighted by Crippen LogP contribution is -2.18. The van der Waals surface area contributed by atoms with Crippen LogP contribution in [-0.4, -0.2) is 7.05 Å². The number of rotatable bonds is 3. The maximum atomic E-state index is 13.3. The minimum absolute atomic E-state index is 0.0743. The Morgan fingerprint density at radius 1 is 1.32 bits per heavy atom. The van der Waals surface area contributed by atoms with Gasteiger partial charge in [-0.2, -0.15) is 0 Å². The van der Waals surface area contributed by atoms with Crippen LogP contribution in [0.5, 0.6) is 0 Å². The van der Waals surface area contributed by atoms with Gasteiger partial charge in [0.15, 0.2) is 0 Å². The largest absolute Gasteiger partial charge is 0.397 e. The molecule has 0 heterocycles. The highest BCUT2D eigenvalue weighted by atomic mass is 79.9. The van der Waals surface area contributed by atoms with E-state index in [2.05, 4.69) is 15.9 Å². The minimum atomic E-state index is -0.501. The van der Waals surface area contributed by atoms with Gasteiger partial charge in [0, 0.05) is 24.1 Å². The van der Waals surface area contributed by atoms with Crippen LogP contribution in [0.3, 0.4) is 0 Å². The van der Waals surface area contributed by atoms with Crippen molar-refractivity contribution in [2.75, 3.05) is 17.7 Å². The number of hydrogen-bond donors (Lipinski definition) is 1. The van der Waals surface area contributed by atoms with Crippen molar-refractivity contribution in [3.63, 3.8) is 0 Å². The highest BCUT2D eigenvalue weighted by Crippen LogP contribution is 2.29. The Labute approximate surface area is 125 Å². The number of hydrogen-bond acceptors (Lipinski definition) is 2. The molecule has 2 nitrogen and oxygen atoms in total. The zero-order valence-corrected chi connectivity index (χ0v) is 12.7. The highest BCUT2D eigenvalue weighted by molar-refractivity contribution is 9.10. The smallest absolute Gasteiger partial charge is 0.143 e. The van der Waals surface area contributed by atoms with Crippen molar-refractivity contribution < 1.29 is 4.39 Å². The molecule has 19 heavy (non-hydrogen) atoms. The van der Waals surface area contributed by atoms with Crippen molar-refractivity contribution in [2.24, 2.45) is 0 Å². The van der Waals surface area contributed by atoms with E-state index >= 15 is 0 Å². The van der Waals surface area contributed by atoms with E-state index in [-0.39, 0.29) is 5.02 Å². The van der Waals surface area contributed by atoms with Crippen LogP contribution in [0.15, 0.2) is 40.9 Å². The van der Waals surface area contributed by atoms with Crippen molar-refractivity contribution >= 4 is 38.9 Å². The first-order valence-electron chi connectivity index (χ1n) is 5.67. The third-order valence-corrected chi connectivity index (χ3v) is 3.57. The maximum Gasteiger partial charge on any atom is 0.143 e. The van der Waals surface area contributed by atoms with Crippen LogP contribution in [0.4, 0.5) is 15.8 Å². The highest BCUT2D eigenvalue weighted by Gasteiger charge is 2.10.